The third-order valence-corrected chi connectivity index (χ3v) is 6.54. The van der Waals surface area contributed by atoms with E-state index in [1.165, 1.54) is 30.6 Å². The molecule has 1 atom stereocenters. The molecule has 2 aromatic rings. The van der Waals surface area contributed by atoms with Gasteiger partial charge in [0.25, 0.3) is 0 Å². The molecule has 2 aliphatic rings. The zero-order valence-corrected chi connectivity index (χ0v) is 17.9. The lowest BCUT2D eigenvalue weighted by Gasteiger charge is -2.44. The number of aryl methyl sites for hydroxylation is 1. The number of anilines is 1. The summed E-state index contributed by atoms with van der Waals surface area (Å²) < 4.78 is 16.2. The van der Waals surface area contributed by atoms with Crippen LogP contribution < -0.4 is 4.90 Å². The first-order chi connectivity index (χ1) is 14.2. The van der Waals surface area contributed by atoms with Gasteiger partial charge in [0, 0.05) is 63.1 Å². The number of benzene rings is 1. The van der Waals surface area contributed by atoms with Crippen LogP contribution in [-0.4, -0.2) is 64.9 Å². The predicted molar refractivity (Wildman–Crippen MR) is 116 cm³/mol. The summed E-state index contributed by atoms with van der Waals surface area (Å²) in [4.78, 5) is 7.41. The van der Waals surface area contributed by atoms with Crippen LogP contribution in [0.4, 0.5) is 10.1 Å². The van der Waals surface area contributed by atoms with Crippen molar-refractivity contribution in [3.63, 3.8) is 0 Å². The minimum absolute atomic E-state index is 0.108. The smallest absolute Gasteiger partial charge is 0.146 e. The Morgan fingerprint density at radius 2 is 1.90 bits per heavy atom. The van der Waals surface area contributed by atoms with E-state index in [1.54, 1.807) is 12.1 Å². The molecule has 2 saturated heterocycles. The summed E-state index contributed by atoms with van der Waals surface area (Å²) in [7, 11) is 0. The van der Waals surface area contributed by atoms with E-state index in [0.717, 1.165) is 57.9 Å². The van der Waals surface area contributed by atoms with E-state index < -0.39 is 0 Å². The average Bonchev–Trinajstić information content (AvgIpc) is 3.08. The number of hydrogen-bond donors (Lipinski definition) is 0. The van der Waals surface area contributed by atoms with Crippen LogP contribution in [0.15, 0.2) is 30.5 Å². The van der Waals surface area contributed by atoms with Crippen molar-refractivity contribution >= 4 is 5.69 Å². The predicted octanol–water partition coefficient (Wildman–Crippen LogP) is 3.53. The Hall–Kier alpha value is -1.92. The Kier molecular flexibility index (Phi) is 6.50. The zero-order valence-electron chi connectivity index (χ0n) is 17.9. The summed E-state index contributed by atoms with van der Waals surface area (Å²) in [6.45, 7) is 12.5. The van der Waals surface area contributed by atoms with Gasteiger partial charge in [-0.25, -0.2) is 4.39 Å². The van der Waals surface area contributed by atoms with Gasteiger partial charge in [0.15, 0.2) is 0 Å². The van der Waals surface area contributed by atoms with Crippen LogP contribution in [0.5, 0.6) is 0 Å². The quantitative estimate of drug-likeness (QED) is 0.743. The fourth-order valence-corrected chi connectivity index (χ4v) is 4.83. The van der Waals surface area contributed by atoms with E-state index in [0.29, 0.717) is 6.04 Å². The molecule has 0 saturated carbocycles. The maximum Gasteiger partial charge on any atom is 0.146 e. The molecule has 4 rings (SSSR count). The summed E-state index contributed by atoms with van der Waals surface area (Å²) in [6.07, 6.45) is 5.69. The monoisotopic (exact) mass is 399 g/mol. The van der Waals surface area contributed by atoms with Crippen LogP contribution in [0.2, 0.25) is 0 Å². The molecule has 3 heterocycles. The third kappa shape index (κ3) is 4.64. The molecule has 0 aliphatic carbocycles. The van der Waals surface area contributed by atoms with Crippen LogP contribution in [0.3, 0.4) is 0 Å². The van der Waals surface area contributed by atoms with Gasteiger partial charge in [-0.2, -0.15) is 5.10 Å². The number of piperidine rings is 1. The molecule has 0 spiro atoms. The van der Waals surface area contributed by atoms with Crippen LogP contribution in [0.1, 0.15) is 37.4 Å². The Labute approximate surface area is 174 Å². The molecule has 5 nitrogen and oxygen atoms in total. The van der Waals surface area contributed by atoms with Crippen LogP contribution in [0, 0.1) is 12.7 Å². The van der Waals surface area contributed by atoms with Gasteiger partial charge in [0.05, 0.1) is 11.9 Å². The van der Waals surface area contributed by atoms with Crippen molar-refractivity contribution in [1.29, 1.82) is 0 Å². The van der Waals surface area contributed by atoms with Gasteiger partial charge in [-0.1, -0.05) is 19.1 Å². The molecular formula is C23H34FN5. The highest BCUT2D eigenvalue weighted by Gasteiger charge is 2.29. The van der Waals surface area contributed by atoms with Crippen molar-refractivity contribution in [2.75, 3.05) is 44.2 Å². The van der Waals surface area contributed by atoms with Gasteiger partial charge in [-0.3, -0.25) is 14.5 Å². The van der Waals surface area contributed by atoms with E-state index >= 15 is 0 Å². The first kappa shape index (κ1) is 20.4. The minimum Gasteiger partial charge on any atom is -0.367 e. The summed E-state index contributed by atoms with van der Waals surface area (Å²) in [5, 5.41) is 4.57. The molecule has 1 unspecified atom stereocenters. The molecule has 2 aliphatic heterocycles. The molecule has 1 aromatic heterocycles. The lowest BCUT2D eigenvalue weighted by molar-refractivity contribution is 0.0885. The van der Waals surface area contributed by atoms with Crippen molar-refractivity contribution in [3.8, 4) is 0 Å². The van der Waals surface area contributed by atoms with Crippen molar-refractivity contribution in [1.82, 2.24) is 19.6 Å². The van der Waals surface area contributed by atoms with Gasteiger partial charge in [-0.05, 0) is 44.9 Å². The number of piperazine rings is 1. The largest absolute Gasteiger partial charge is 0.367 e. The van der Waals surface area contributed by atoms with Crippen LogP contribution in [0.25, 0.3) is 0 Å². The average molecular weight is 400 g/mol. The van der Waals surface area contributed by atoms with Gasteiger partial charge >= 0.3 is 0 Å². The molecule has 29 heavy (non-hydrogen) atoms. The summed E-state index contributed by atoms with van der Waals surface area (Å²) in [6, 6.07) is 7.76. The fraction of sp³-hybridized carbons (Fsp3) is 0.609. The lowest BCUT2D eigenvalue weighted by atomic mass is 10.0. The first-order valence-corrected chi connectivity index (χ1v) is 11.1. The number of aromatic nitrogens is 2. The molecule has 0 N–H and O–H groups in total. The van der Waals surface area contributed by atoms with E-state index in [-0.39, 0.29) is 5.82 Å². The summed E-state index contributed by atoms with van der Waals surface area (Å²) in [5.41, 5.74) is 3.42. The fourth-order valence-electron chi connectivity index (χ4n) is 4.83. The Balaban J connectivity index is 1.32. The molecule has 0 radical (unpaired) electrons. The van der Waals surface area contributed by atoms with Crippen molar-refractivity contribution in [2.24, 2.45) is 0 Å². The van der Waals surface area contributed by atoms with Crippen LogP contribution in [-0.2, 0) is 13.1 Å². The minimum atomic E-state index is -0.108. The molecule has 1 aromatic carbocycles. The topological polar surface area (TPSA) is 27.5 Å². The number of para-hydroxylation sites is 1. The van der Waals surface area contributed by atoms with Gasteiger partial charge in [0.1, 0.15) is 5.82 Å². The second-order valence-electron chi connectivity index (χ2n) is 8.48. The van der Waals surface area contributed by atoms with E-state index in [1.807, 2.05) is 12.1 Å². The van der Waals surface area contributed by atoms with Gasteiger partial charge in [-0.15, -0.1) is 0 Å². The second kappa shape index (κ2) is 9.26. The molecule has 0 bridgehead atoms. The standard InChI is InChI=1S/C23H34FN5/c1-3-10-29-19(2)20(16-25-29)17-26-11-6-7-21(18-26)27-12-14-28(15-13-27)23-9-5-4-8-22(23)24/h4-5,8-9,16,21H,3,6-7,10-15,17-18H2,1-2H3. The number of likely N-dealkylation sites (tertiary alicyclic amines) is 1. The van der Waals surface area contributed by atoms with Gasteiger partial charge < -0.3 is 4.90 Å². The normalized spacial score (nSPS) is 21.6. The second-order valence-corrected chi connectivity index (χ2v) is 8.48. The first-order valence-electron chi connectivity index (χ1n) is 11.1. The van der Waals surface area contributed by atoms with E-state index in [2.05, 4.69) is 44.5 Å². The highest BCUT2D eigenvalue weighted by atomic mass is 19.1. The Bertz CT molecular complexity index is 796. The van der Waals surface area contributed by atoms with Crippen LogP contribution >= 0.6 is 0 Å². The number of rotatable bonds is 6. The molecular weight excluding hydrogens is 365 g/mol. The molecule has 6 heteroatoms. The molecule has 0 amide bonds. The van der Waals surface area contributed by atoms with Crippen molar-refractivity contribution < 1.29 is 4.39 Å². The Morgan fingerprint density at radius 1 is 1.10 bits per heavy atom. The van der Waals surface area contributed by atoms with E-state index in [4.69, 9.17) is 0 Å². The van der Waals surface area contributed by atoms with Crippen molar-refractivity contribution in [2.45, 2.75) is 52.2 Å². The highest BCUT2D eigenvalue weighted by molar-refractivity contribution is 5.48. The summed E-state index contributed by atoms with van der Waals surface area (Å²) >= 11 is 0. The lowest BCUT2D eigenvalue weighted by Crippen LogP contribution is -2.55. The number of hydrogen-bond acceptors (Lipinski definition) is 4. The Morgan fingerprint density at radius 3 is 2.66 bits per heavy atom. The third-order valence-electron chi connectivity index (χ3n) is 6.54. The summed E-state index contributed by atoms with van der Waals surface area (Å²) in [5.74, 6) is -0.108. The SMILES string of the molecule is CCCn1ncc(CN2CCCC(N3CCN(c4ccccc4F)CC3)C2)c1C. The number of nitrogens with zero attached hydrogens (tertiary/aromatic N) is 5. The maximum absolute atomic E-state index is 14.1. The van der Waals surface area contributed by atoms with Gasteiger partial charge in [0.2, 0.25) is 0 Å². The maximum atomic E-state index is 14.1. The zero-order chi connectivity index (χ0) is 20.2. The van der Waals surface area contributed by atoms with E-state index in [9.17, 15) is 4.39 Å². The molecule has 2 fully saturated rings. The molecule has 158 valence electrons. The number of halogens is 1. The highest BCUT2D eigenvalue weighted by Crippen LogP contribution is 2.24. The van der Waals surface area contributed by atoms with Crippen molar-refractivity contribution in [3.05, 3.63) is 47.5 Å².